The maximum absolute atomic E-state index is 10.8. The van der Waals surface area contributed by atoms with Gasteiger partial charge >= 0.3 is 5.97 Å². The summed E-state index contributed by atoms with van der Waals surface area (Å²) >= 11 is 3.01. The van der Waals surface area contributed by atoms with Gasteiger partial charge in [-0.25, -0.2) is 9.97 Å². The fraction of sp³-hybridized carbons (Fsp3) is 0.357. The second-order valence-electron chi connectivity index (χ2n) is 4.45. The van der Waals surface area contributed by atoms with Gasteiger partial charge in [-0.05, 0) is 18.6 Å². The number of nitrogens with zero attached hydrogens (tertiary/aromatic N) is 3. The van der Waals surface area contributed by atoms with E-state index >= 15 is 0 Å². The Labute approximate surface area is 131 Å². The summed E-state index contributed by atoms with van der Waals surface area (Å²) in [5.74, 6) is 0.968. The minimum absolute atomic E-state index is 0.00209. The van der Waals surface area contributed by atoms with Crippen LogP contribution in [-0.4, -0.2) is 42.9 Å². The molecule has 112 valence electrons. The summed E-state index contributed by atoms with van der Waals surface area (Å²) in [6.07, 6.45) is 3.68. The third kappa shape index (κ3) is 4.25. The molecule has 0 aromatic carbocycles. The van der Waals surface area contributed by atoms with Crippen LogP contribution in [0.5, 0.6) is 0 Å². The zero-order valence-electron chi connectivity index (χ0n) is 11.8. The standard InChI is InChI=1S/C14H17N3O2S2/c1-3-5-20-6-4-17-13-11(7-10(2)8-15-13)16-14(17)21-9-12(18)19/h3,7-8H,1,4-6,9H2,2H3,(H,18,19). The molecule has 0 amide bonds. The number of pyridine rings is 1. The summed E-state index contributed by atoms with van der Waals surface area (Å²) in [5, 5.41) is 9.55. The van der Waals surface area contributed by atoms with Crippen LogP contribution in [0, 0.1) is 6.92 Å². The second-order valence-corrected chi connectivity index (χ2v) is 6.54. The average molecular weight is 323 g/mol. The van der Waals surface area contributed by atoms with E-state index in [0.29, 0.717) is 5.16 Å². The highest BCUT2D eigenvalue weighted by Crippen LogP contribution is 2.24. The second kappa shape index (κ2) is 7.51. The van der Waals surface area contributed by atoms with E-state index in [-0.39, 0.29) is 5.75 Å². The Kier molecular flexibility index (Phi) is 5.69. The Morgan fingerprint density at radius 1 is 1.57 bits per heavy atom. The van der Waals surface area contributed by atoms with Crippen molar-refractivity contribution in [2.24, 2.45) is 0 Å². The summed E-state index contributed by atoms with van der Waals surface area (Å²) in [7, 11) is 0. The van der Waals surface area contributed by atoms with Gasteiger partial charge in [0.25, 0.3) is 0 Å². The lowest BCUT2D eigenvalue weighted by atomic mass is 10.3. The Balaban J connectivity index is 2.25. The lowest BCUT2D eigenvalue weighted by Gasteiger charge is -2.07. The number of carboxylic acid groups (broad SMARTS) is 1. The van der Waals surface area contributed by atoms with E-state index in [1.165, 1.54) is 11.8 Å². The average Bonchev–Trinajstić information content (AvgIpc) is 2.78. The SMILES string of the molecule is C=CCSCCn1c(SCC(=O)O)nc2cc(C)cnc21. The Morgan fingerprint density at radius 2 is 2.38 bits per heavy atom. The van der Waals surface area contributed by atoms with Crippen molar-refractivity contribution in [1.82, 2.24) is 14.5 Å². The predicted molar refractivity (Wildman–Crippen MR) is 88.1 cm³/mol. The monoisotopic (exact) mass is 323 g/mol. The van der Waals surface area contributed by atoms with E-state index in [2.05, 4.69) is 16.5 Å². The van der Waals surface area contributed by atoms with Gasteiger partial charge in [-0.15, -0.1) is 6.58 Å². The van der Waals surface area contributed by atoms with Crippen molar-refractivity contribution in [3.8, 4) is 0 Å². The Morgan fingerprint density at radius 3 is 3.10 bits per heavy atom. The third-order valence-electron chi connectivity index (χ3n) is 2.71. The van der Waals surface area contributed by atoms with Crippen LogP contribution >= 0.6 is 23.5 Å². The van der Waals surface area contributed by atoms with Crippen LogP contribution in [0.1, 0.15) is 5.56 Å². The maximum atomic E-state index is 10.8. The molecule has 1 N–H and O–H groups in total. The number of hydrogen-bond donors (Lipinski definition) is 1. The third-order valence-corrected chi connectivity index (χ3v) is 4.61. The Bertz CT molecular complexity index is 655. The molecular formula is C14H17N3O2S2. The zero-order chi connectivity index (χ0) is 15.2. The van der Waals surface area contributed by atoms with Gasteiger partial charge in [0.1, 0.15) is 5.52 Å². The molecule has 0 fully saturated rings. The molecule has 7 heteroatoms. The molecule has 0 aliphatic heterocycles. The van der Waals surface area contributed by atoms with Gasteiger partial charge in [0.05, 0.1) is 5.75 Å². The van der Waals surface area contributed by atoms with Gasteiger partial charge in [-0.1, -0.05) is 17.8 Å². The predicted octanol–water partition coefficient (Wildman–Crippen LogP) is 2.84. The number of aromatic nitrogens is 3. The number of thioether (sulfide) groups is 2. The highest BCUT2D eigenvalue weighted by Gasteiger charge is 2.13. The van der Waals surface area contributed by atoms with Gasteiger partial charge in [-0.2, -0.15) is 11.8 Å². The van der Waals surface area contributed by atoms with Crippen LogP contribution in [0.15, 0.2) is 30.1 Å². The van der Waals surface area contributed by atoms with Crippen LogP contribution in [0.2, 0.25) is 0 Å². The number of rotatable bonds is 8. The van der Waals surface area contributed by atoms with Crippen molar-refractivity contribution in [2.45, 2.75) is 18.6 Å². The van der Waals surface area contributed by atoms with Crippen molar-refractivity contribution >= 4 is 40.7 Å². The number of imidazole rings is 1. The van der Waals surface area contributed by atoms with Gasteiger partial charge in [0.2, 0.25) is 0 Å². The van der Waals surface area contributed by atoms with Gasteiger partial charge in [0.15, 0.2) is 10.8 Å². The molecule has 0 bridgehead atoms. The molecule has 0 spiro atoms. The number of carbonyl (C=O) groups is 1. The van der Waals surface area contributed by atoms with Crippen LogP contribution in [0.3, 0.4) is 0 Å². The van der Waals surface area contributed by atoms with Crippen molar-refractivity contribution < 1.29 is 9.90 Å². The summed E-state index contributed by atoms with van der Waals surface area (Å²) in [6.45, 7) is 6.42. The van der Waals surface area contributed by atoms with Crippen molar-refractivity contribution in [3.05, 3.63) is 30.5 Å². The molecule has 2 heterocycles. The van der Waals surface area contributed by atoms with E-state index < -0.39 is 5.97 Å². The fourth-order valence-corrected chi connectivity index (χ4v) is 3.25. The summed E-state index contributed by atoms with van der Waals surface area (Å²) in [4.78, 5) is 19.7. The molecule has 2 rings (SSSR count). The lowest BCUT2D eigenvalue weighted by Crippen LogP contribution is -2.06. The van der Waals surface area contributed by atoms with Crippen molar-refractivity contribution in [3.63, 3.8) is 0 Å². The van der Waals surface area contributed by atoms with E-state index in [9.17, 15) is 4.79 Å². The van der Waals surface area contributed by atoms with Gasteiger partial charge in [0, 0.05) is 24.2 Å². The van der Waals surface area contributed by atoms with Crippen molar-refractivity contribution in [2.75, 3.05) is 17.3 Å². The molecule has 21 heavy (non-hydrogen) atoms. The Hall–Kier alpha value is -1.47. The summed E-state index contributed by atoms with van der Waals surface area (Å²) < 4.78 is 2.00. The first-order chi connectivity index (χ1) is 10.1. The molecule has 0 aliphatic rings. The lowest BCUT2D eigenvalue weighted by molar-refractivity contribution is -0.133. The van der Waals surface area contributed by atoms with E-state index in [1.54, 1.807) is 11.8 Å². The molecule has 0 atom stereocenters. The molecule has 0 saturated carbocycles. The first kappa shape index (κ1) is 15.9. The van der Waals surface area contributed by atoms with E-state index in [0.717, 1.165) is 34.8 Å². The summed E-state index contributed by atoms with van der Waals surface area (Å²) in [6, 6.07) is 1.97. The van der Waals surface area contributed by atoms with Gasteiger partial charge in [-0.3, -0.25) is 4.79 Å². The normalized spacial score (nSPS) is 10.9. The van der Waals surface area contributed by atoms with E-state index in [1.807, 2.05) is 29.8 Å². The molecular weight excluding hydrogens is 306 g/mol. The molecule has 2 aromatic rings. The van der Waals surface area contributed by atoms with Crippen molar-refractivity contribution in [1.29, 1.82) is 0 Å². The summed E-state index contributed by atoms with van der Waals surface area (Å²) in [5.41, 5.74) is 2.67. The first-order valence-corrected chi connectivity index (χ1v) is 8.62. The molecule has 5 nitrogen and oxygen atoms in total. The number of aliphatic carboxylic acids is 1. The number of fused-ring (bicyclic) bond motifs is 1. The first-order valence-electron chi connectivity index (χ1n) is 6.48. The van der Waals surface area contributed by atoms with Crippen LogP contribution in [-0.2, 0) is 11.3 Å². The largest absolute Gasteiger partial charge is 0.481 e. The molecule has 0 saturated heterocycles. The molecule has 0 radical (unpaired) electrons. The highest BCUT2D eigenvalue weighted by molar-refractivity contribution is 8.00. The molecule has 2 aromatic heterocycles. The topological polar surface area (TPSA) is 68.0 Å². The van der Waals surface area contributed by atoms with Crippen LogP contribution in [0.25, 0.3) is 11.2 Å². The van der Waals surface area contributed by atoms with Gasteiger partial charge < -0.3 is 9.67 Å². The quantitative estimate of drug-likeness (QED) is 0.458. The maximum Gasteiger partial charge on any atom is 0.313 e. The van der Waals surface area contributed by atoms with Crippen LogP contribution < -0.4 is 0 Å². The van der Waals surface area contributed by atoms with Crippen LogP contribution in [0.4, 0.5) is 0 Å². The molecule has 0 unspecified atom stereocenters. The zero-order valence-corrected chi connectivity index (χ0v) is 13.4. The molecule has 0 aliphatic carbocycles. The smallest absolute Gasteiger partial charge is 0.313 e. The number of aryl methyl sites for hydroxylation is 2. The highest BCUT2D eigenvalue weighted by atomic mass is 32.2. The number of carboxylic acids is 1. The fourth-order valence-electron chi connectivity index (χ4n) is 1.85. The minimum Gasteiger partial charge on any atom is -0.481 e. The minimum atomic E-state index is -0.844. The van der Waals surface area contributed by atoms with E-state index in [4.69, 9.17) is 5.11 Å². The number of hydrogen-bond acceptors (Lipinski definition) is 5.